The molecule has 1 fully saturated rings. The summed E-state index contributed by atoms with van der Waals surface area (Å²) in [7, 11) is 0. The number of aliphatic hydroxyl groups excluding tert-OH is 1. The van der Waals surface area contributed by atoms with E-state index in [1.165, 1.54) is 0 Å². The van der Waals surface area contributed by atoms with E-state index in [-0.39, 0.29) is 6.61 Å². The van der Waals surface area contributed by atoms with Gasteiger partial charge in [0.1, 0.15) is 5.65 Å². The predicted octanol–water partition coefficient (Wildman–Crippen LogP) is 2.29. The number of anilines is 1. The van der Waals surface area contributed by atoms with Crippen LogP contribution in [0.25, 0.3) is 21.9 Å². The molecule has 1 aliphatic rings. The fraction of sp³-hybridized carbons (Fsp3) is 0.438. The number of nitrogens with two attached hydrogens (primary N) is 1. The van der Waals surface area contributed by atoms with Gasteiger partial charge in [-0.1, -0.05) is 0 Å². The summed E-state index contributed by atoms with van der Waals surface area (Å²) in [5.41, 5.74) is 7.78. The third-order valence-corrected chi connectivity index (χ3v) is 4.80. The van der Waals surface area contributed by atoms with Gasteiger partial charge in [0.05, 0.1) is 11.7 Å². The van der Waals surface area contributed by atoms with Crippen LogP contribution < -0.4 is 5.73 Å². The summed E-state index contributed by atoms with van der Waals surface area (Å²) in [6.07, 6.45) is 9.67. The van der Waals surface area contributed by atoms with Gasteiger partial charge in [0.15, 0.2) is 0 Å². The van der Waals surface area contributed by atoms with Gasteiger partial charge in [-0.3, -0.25) is 4.98 Å². The van der Waals surface area contributed by atoms with Crippen LogP contribution in [-0.4, -0.2) is 31.2 Å². The van der Waals surface area contributed by atoms with Crippen LogP contribution in [0.3, 0.4) is 0 Å². The molecule has 114 valence electrons. The Hall–Kier alpha value is -2.21. The molecule has 3 N–H and O–H groups in total. The van der Waals surface area contributed by atoms with Crippen molar-refractivity contribution < 1.29 is 5.11 Å². The largest absolute Gasteiger partial charge is 0.396 e. The fourth-order valence-electron chi connectivity index (χ4n) is 3.63. The van der Waals surface area contributed by atoms with Crippen molar-refractivity contribution in [2.45, 2.75) is 31.7 Å². The standard InChI is InChI=1S/C16H19N5O/c17-16-19-7-13-12-5-6-18-8-14(12)21(15(13)20-16)11-3-1-10(9-22)2-4-11/h5-8,10-11,22H,1-4,9H2,(H2,17,19,20). The zero-order valence-corrected chi connectivity index (χ0v) is 12.3. The van der Waals surface area contributed by atoms with Crippen LogP contribution >= 0.6 is 0 Å². The van der Waals surface area contributed by atoms with E-state index in [1.807, 2.05) is 12.3 Å². The fourth-order valence-corrected chi connectivity index (χ4v) is 3.63. The van der Waals surface area contributed by atoms with Gasteiger partial charge in [-0.2, -0.15) is 4.98 Å². The van der Waals surface area contributed by atoms with Gasteiger partial charge in [-0.15, -0.1) is 0 Å². The average Bonchev–Trinajstić information content (AvgIpc) is 2.88. The number of hydrogen-bond acceptors (Lipinski definition) is 5. The second kappa shape index (κ2) is 5.21. The average molecular weight is 297 g/mol. The monoisotopic (exact) mass is 297 g/mol. The van der Waals surface area contributed by atoms with E-state index >= 15 is 0 Å². The van der Waals surface area contributed by atoms with Crippen molar-refractivity contribution in [2.75, 3.05) is 12.3 Å². The van der Waals surface area contributed by atoms with Gasteiger partial charge >= 0.3 is 0 Å². The van der Waals surface area contributed by atoms with Crippen LogP contribution in [0.15, 0.2) is 24.7 Å². The second-order valence-electron chi connectivity index (χ2n) is 6.09. The lowest BCUT2D eigenvalue weighted by Crippen LogP contribution is -2.20. The second-order valence-corrected chi connectivity index (χ2v) is 6.09. The van der Waals surface area contributed by atoms with Gasteiger partial charge < -0.3 is 15.4 Å². The van der Waals surface area contributed by atoms with E-state index in [1.54, 1.807) is 12.4 Å². The van der Waals surface area contributed by atoms with Crippen molar-refractivity contribution in [3.05, 3.63) is 24.7 Å². The molecule has 4 rings (SSSR count). The lowest BCUT2D eigenvalue weighted by atomic mass is 9.86. The van der Waals surface area contributed by atoms with Crippen LogP contribution in [-0.2, 0) is 0 Å². The minimum atomic E-state index is 0.288. The molecule has 3 aromatic heterocycles. The number of pyridine rings is 1. The molecule has 1 aliphatic carbocycles. The maximum atomic E-state index is 9.33. The van der Waals surface area contributed by atoms with Crippen molar-refractivity contribution in [3.8, 4) is 0 Å². The summed E-state index contributed by atoms with van der Waals surface area (Å²) in [5, 5.41) is 11.5. The number of nitrogens with zero attached hydrogens (tertiary/aromatic N) is 4. The molecule has 3 heterocycles. The van der Waals surface area contributed by atoms with E-state index in [0.717, 1.165) is 47.6 Å². The number of fused-ring (bicyclic) bond motifs is 3. The molecular weight excluding hydrogens is 278 g/mol. The van der Waals surface area contributed by atoms with E-state index in [0.29, 0.717) is 17.9 Å². The van der Waals surface area contributed by atoms with Gasteiger partial charge in [-0.05, 0) is 37.7 Å². The minimum Gasteiger partial charge on any atom is -0.396 e. The lowest BCUT2D eigenvalue weighted by Gasteiger charge is -2.29. The van der Waals surface area contributed by atoms with Crippen molar-refractivity contribution in [1.29, 1.82) is 0 Å². The Morgan fingerprint density at radius 3 is 2.77 bits per heavy atom. The highest BCUT2D eigenvalue weighted by atomic mass is 16.3. The predicted molar refractivity (Wildman–Crippen MR) is 85.3 cm³/mol. The SMILES string of the molecule is Nc1ncc2c3ccncc3n(C3CCC(CO)CC3)c2n1. The van der Waals surface area contributed by atoms with Crippen LogP contribution in [0, 0.1) is 5.92 Å². The zero-order valence-electron chi connectivity index (χ0n) is 12.3. The molecule has 0 spiro atoms. The van der Waals surface area contributed by atoms with E-state index in [9.17, 15) is 5.11 Å². The van der Waals surface area contributed by atoms with E-state index < -0.39 is 0 Å². The maximum absolute atomic E-state index is 9.33. The van der Waals surface area contributed by atoms with Crippen molar-refractivity contribution >= 4 is 27.9 Å². The van der Waals surface area contributed by atoms with E-state index in [4.69, 9.17) is 5.73 Å². The molecule has 0 aromatic carbocycles. The summed E-state index contributed by atoms with van der Waals surface area (Å²) >= 11 is 0. The first-order valence-corrected chi connectivity index (χ1v) is 7.75. The highest BCUT2D eigenvalue weighted by Gasteiger charge is 2.25. The number of aliphatic hydroxyl groups is 1. The van der Waals surface area contributed by atoms with Crippen molar-refractivity contribution in [1.82, 2.24) is 19.5 Å². The Labute approximate surface area is 128 Å². The molecule has 0 saturated heterocycles. The highest BCUT2D eigenvalue weighted by molar-refractivity contribution is 6.06. The number of aromatic nitrogens is 4. The molecule has 6 heteroatoms. The normalized spacial score (nSPS) is 22.4. The molecule has 0 radical (unpaired) electrons. The maximum Gasteiger partial charge on any atom is 0.221 e. The first kappa shape index (κ1) is 13.5. The summed E-state index contributed by atoms with van der Waals surface area (Å²) in [6, 6.07) is 2.38. The number of hydrogen-bond donors (Lipinski definition) is 2. The van der Waals surface area contributed by atoms with Gasteiger partial charge in [-0.25, -0.2) is 4.98 Å². The summed E-state index contributed by atoms with van der Waals surface area (Å²) in [6.45, 7) is 0.288. The first-order chi connectivity index (χ1) is 10.8. The Kier molecular flexibility index (Phi) is 3.18. The van der Waals surface area contributed by atoms with Crippen molar-refractivity contribution in [2.24, 2.45) is 5.92 Å². The third kappa shape index (κ3) is 2.02. The first-order valence-electron chi connectivity index (χ1n) is 7.75. The molecular formula is C16H19N5O. The number of rotatable bonds is 2. The van der Waals surface area contributed by atoms with Crippen LogP contribution in [0.5, 0.6) is 0 Å². The lowest BCUT2D eigenvalue weighted by molar-refractivity contribution is 0.171. The Balaban J connectivity index is 1.89. The smallest absolute Gasteiger partial charge is 0.221 e. The van der Waals surface area contributed by atoms with Crippen LogP contribution in [0.4, 0.5) is 5.95 Å². The summed E-state index contributed by atoms with van der Waals surface area (Å²) in [5.74, 6) is 0.732. The topological polar surface area (TPSA) is 89.8 Å². The van der Waals surface area contributed by atoms with E-state index in [2.05, 4.69) is 19.5 Å². The molecule has 0 atom stereocenters. The van der Waals surface area contributed by atoms with Crippen LogP contribution in [0.2, 0.25) is 0 Å². The molecule has 22 heavy (non-hydrogen) atoms. The summed E-state index contributed by atoms with van der Waals surface area (Å²) in [4.78, 5) is 12.9. The quantitative estimate of drug-likeness (QED) is 0.757. The molecule has 0 bridgehead atoms. The van der Waals surface area contributed by atoms with Gasteiger partial charge in [0.2, 0.25) is 5.95 Å². The molecule has 1 saturated carbocycles. The molecule has 0 amide bonds. The zero-order chi connectivity index (χ0) is 15.1. The summed E-state index contributed by atoms with van der Waals surface area (Å²) < 4.78 is 2.27. The third-order valence-electron chi connectivity index (χ3n) is 4.80. The van der Waals surface area contributed by atoms with Crippen LogP contribution in [0.1, 0.15) is 31.7 Å². The molecule has 6 nitrogen and oxygen atoms in total. The van der Waals surface area contributed by atoms with Crippen molar-refractivity contribution in [3.63, 3.8) is 0 Å². The Morgan fingerprint density at radius 2 is 2.00 bits per heavy atom. The molecule has 0 unspecified atom stereocenters. The highest BCUT2D eigenvalue weighted by Crippen LogP contribution is 2.38. The van der Waals surface area contributed by atoms with Gasteiger partial charge in [0.25, 0.3) is 0 Å². The molecule has 3 aromatic rings. The number of nitrogen functional groups attached to an aromatic ring is 1. The Bertz CT molecular complexity index is 820. The molecule has 0 aliphatic heterocycles. The Morgan fingerprint density at radius 1 is 1.18 bits per heavy atom. The van der Waals surface area contributed by atoms with Gasteiger partial charge in [0, 0.05) is 35.8 Å². The minimum absolute atomic E-state index is 0.288.